The first kappa shape index (κ1) is 33.4. The zero-order chi connectivity index (χ0) is 30.9. The van der Waals surface area contributed by atoms with Crippen molar-refractivity contribution in [2.24, 2.45) is 17.6 Å². The average Bonchev–Trinajstić information content (AvgIpc) is 3.49. The first-order valence-corrected chi connectivity index (χ1v) is 13.8. The van der Waals surface area contributed by atoms with E-state index in [0.29, 0.717) is 19.4 Å². The number of hydrogen-bond donors (Lipinski definition) is 3. The number of carbonyl (C=O) groups excluding carboxylic acids is 4. The lowest BCUT2D eigenvalue weighted by molar-refractivity contribution is -0.137. The van der Waals surface area contributed by atoms with Gasteiger partial charge in [-0.25, -0.2) is 8.78 Å². The zero-order valence-electron chi connectivity index (χ0n) is 23.7. The number of likely N-dealkylation sites (N-methyl/N-ethyl adjacent to an activating group) is 1. The lowest BCUT2D eigenvalue weighted by atomic mass is 10.1. The molecule has 0 radical (unpaired) electrons. The van der Waals surface area contributed by atoms with Crippen molar-refractivity contribution < 1.29 is 28.0 Å². The van der Waals surface area contributed by atoms with Crippen molar-refractivity contribution in [3.8, 4) is 0 Å². The number of primary amides is 1. The van der Waals surface area contributed by atoms with Crippen LogP contribution in [0.2, 0.25) is 0 Å². The van der Waals surface area contributed by atoms with Crippen LogP contribution in [0, 0.1) is 23.5 Å². The van der Waals surface area contributed by atoms with Gasteiger partial charge in [0.2, 0.25) is 18.2 Å². The molecule has 1 aliphatic heterocycles. The van der Waals surface area contributed by atoms with E-state index in [1.165, 1.54) is 18.0 Å². The fourth-order valence-electron chi connectivity index (χ4n) is 4.05. The molecule has 3 aromatic rings. The van der Waals surface area contributed by atoms with E-state index < -0.39 is 35.4 Å². The van der Waals surface area contributed by atoms with Gasteiger partial charge in [-0.2, -0.15) is 0 Å². The van der Waals surface area contributed by atoms with Crippen LogP contribution in [-0.4, -0.2) is 65.1 Å². The number of aromatic amines is 1. The van der Waals surface area contributed by atoms with Crippen molar-refractivity contribution in [2.45, 2.75) is 40.2 Å². The Labute approximate surface area is 246 Å². The van der Waals surface area contributed by atoms with Gasteiger partial charge >= 0.3 is 0 Å². The van der Waals surface area contributed by atoms with Crippen LogP contribution >= 0.6 is 15.9 Å². The summed E-state index contributed by atoms with van der Waals surface area (Å²) in [7, 11) is 1.42. The van der Waals surface area contributed by atoms with Crippen LogP contribution in [0.1, 0.15) is 44.6 Å². The molecule has 4 N–H and O–H groups in total. The maximum Gasteiger partial charge on any atom is 0.270 e. The van der Waals surface area contributed by atoms with Crippen LogP contribution in [0.4, 0.5) is 14.5 Å². The maximum absolute atomic E-state index is 13.8. The lowest BCUT2D eigenvalue weighted by Gasteiger charge is -2.25. The Morgan fingerprint density at radius 3 is 2.34 bits per heavy atom. The van der Waals surface area contributed by atoms with E-state index in [9.17, 15) is 28.0 Å². The molecule has 1 aromatic heterocycles. The third-order valence-electron chi connectivity index (χ3n) is 5.83. The second-order valence-electron chi connectivity index (χ2n) is 10.5. The van der Waals surface area contributed by atoms with E-state index in [2.05, 4.69) is 47.0 Å². The van der Waals surface area contributed by atoms with Gasteiger partial charge in [0, 0.05) is 35.2 Å². The van der Waals surface area contributed by atoms with E-state index in [1.54, 1.807) is 0 Å². The Balaban J connectivity index is 0.000000347. The van der Waals surface area contributed by atoms with Gasteiger partial charge in [-0.3, -0.25) is 19.2 Å². The van der Waals surface area contributed by atoms with Gasteiger partial charge in [0.25, 0.3) is 5.91 Å². The van der Waals surface area contributed by atoms with Crippen molar-refractivity contribution in [1.29, 1.82) is 0 Å². The van der Waals surface area contributed by atoms with Crippen LogP contribution in [0.3, 0.4) is 0 Å². The Morgan fingerprint density at radius 1 is 1.17 bits per heavy atom. The molecule has 0 saturated carbocycles. The molecule has 0 spiro atoms. The molecule has 1 fully saturated rings. The van der Waals surface area contributed by atoms with E-state index in [4.69, 9.17) is 5.73 Å². The second kappa shape index (κ2) is 15.3. The number of nitrogens with zero attached hydrogens (tertiary/aromatic N) is 2. The maximum atomic E-state index is 13.8. The first-order chi connectivity index (χ1) is 19.2. The Morgan fingerprint density at radius 2 is 1.78 bits per heavy atom. The van der Waals surface area contributed by atoms with Crippen LogP contribution in [0.15, 0.2) is 46.9 Å². The number of anilines is 1. The highest BCUT2D eigenvalue weighted by molar-refractivity contribution is 9.10. The lowest BCUT2D eigenvalue weighted by Crippen LogP contribution is -2.48. The number of halogens is 3. The largest absolute Gasteiger partial charge is 0.368 e. The number of likely N-dealkylation sites (tertiary alicyclic amines) is 1. The van der Waals surface area contributed by atoms with Crippen LogP contribution in [-0.2, 0) is 14.4 Å². The van der Waals surface area contributed by atoms with Crippen LogP contribution in [0.5, 0.6) is 0 Å². The summed E-state index contributed by atoms with van der Waals surface area (Å²) in [4.78, 5) is 51.8. The summed E-state index contributed by atoms with van der Waals surface area (Å²) in [6.07, 6.45) is 1.15. The fraction of sp³-hybridized carbons (Fsp3) is 0.379. The van der Waals surface area contributed by atoms with E-state index >= 15 is 0 Å². The molecule has 12 heteroatoms. The number of hydrogen-bond acceptors (Lipinski definition) is 4. The van der Waals surface area contributed by atoms with Gasteiger partial charge < -0.3 is 25.8 Å². The summed E-state index contributed by atoms with van der Waals surface area (Å²) in [5.74, 6) is -2.09. The number of fused-ring (bicyclic) bond motifs is 1. The minimum Gasteiger partial charge on any atom is -0.368 e. The Hall–Kier alpha value is -3.80. The molecule has 222 valence electrons. The molecule has 2 atom stereocenters. The Bertz CT molecular complexity index is 1360. The zero-order valence-corrected chi connectivity index (χ0v) is 25.3. The monoisotopic (exact) mass is 635 g/mol. The molecule has 1 saturated heterocycles. The normalized spacial score (nSPS) is 15.9. The molecule has 2 aromatic carbocycles. The molecule has 0 bridgehead atoms. The topological polar surface area (TPSA) is 129 Å². The van der Waals surface area contributed by atoms with Crippen LogP contribution in [0.25, 0.3) is 10.9 Å². The Kier molecular flexibility index (Phi) is 12.4. The smallest absolute Gasteiger partial charge is 0.270 e. The van der Waals surface area contributed by atoms with Gasteiger partial charge in [0.15, 0.2) is 0 Å². The molecular formula is C29H36BrF2N5O4. The number of carbonyl (C=O) groups is 4. The summed E-state index contributed by atoms with van der Waals surface area (Å²) in [5.41, 5.74) is 6.34. The molecule has 4 rings (SSSR count). The molecule has 1 aliphatic rings. The number of nitrogens with two attached hydrogens (primary N) is 1. The minimum atomic E-state index is -0.783. The summed E-state index contributed by atoms with van der Waals surface area (Å²) in [6, 6.07) is 9.78. The van der Waals surface area contributed by atoms with E-state index in [1.807, 2.05) is 31.2 Å². The first-order valence-electron chi connectivity index (χ1n) is 13.0. The van der Waals surface area contributed by atoms with Gasteiger partial charge in [-0.1, -0.05) is 43.6 Å². The minimum absolute atomic E-state index is 0.0334. The molecule has 9 nitrogen and oxygen atoms in total. The van der Waals surface area contributed by atoms with Crippen molar-refractivity contribution in [3.05, 3.63) is 64.3 Å². The highest BCUT2D eigenvalue weighted by Gasteiger charge is 2.37. The number of rotatable bonds is 6. The number of aromatic nitrogens is 1. The number of H-pyrrole nitrogens is 1. The predicted octanol–water partition coefficient (Wildman–Crippen LogP) is 4.92. The molecule has 2 heterocycles. The fourth-order valence-corrected chi connectivity index (χ4v) is 4.32. The molecule has 4 amide bonds. The third-order valence-corrected chi connectivity index (χ3v) is 6.36. The van der Waals surface area contributed by atoms with E-state index in [-0.39, 0.29) is 29.1 Å². The predicted molar refractivity (Wildman–Crippen MR) is 158 cm³/mol. The molecular weight excluding hydrogens is 600 g/mol. The standard InChI is InChI=1S/C18H20F2N4O3.C7H6BrNO.C4H10/c1-9-3-15(17(21)26)24(7-9)16(25)8-23(2)18(27)14-6-11-12(20)4-10(19)5-13(11)22-14;8-6-1-3-7(4-2-6)9-5-10;1-4(2)3/h4-6,9,15,22H,3,7-8H2,1-2H3,(H2,21,26);1-5H,(H,9,10);4H,1-3H3. The summed E-state index contributed by atoms with van der Waals surface area (Å²) in [5, 5.41) is 2.62. The summed E-state index contributed by atoms with van der Waals surface area (Å²) < 4.78 is 28.1. The average molecular weight is 637 g/mol. The van der Waals surface area contributed by atoms with Crippen molar-refractivity contribution >= 4 is 56.7 Å². The van der Waals surface area contributed by atoms with Gasteiger partial charge in [0.1, 0.15) is 23.4 Å². The molecule has 0 aliphatic carbocycles. The summed E-state index contributed by atoms with van der Waals surface area (Å²) >= 11 is 3.28. The second-order valence-corrected chi connectivity index (χ2v) is 11.4. The number of benzene rings is 2. The molecule has 41 heavy (non-hydrogen) atoms. The van der Waals surface area contributed by atoms with Gasteiger partial charge in [-0.05, 0) is 54.7 Å². The molecule has 2 unspecified atom stereocenters. The summed E-state index contributed by atoms with van der Waals surface area (Å²) in [6.45, 7) is 8.54. The van der Waals surface area contributed by atoms with Crippen molar-refractivity contribution in [3.63, 3.8) is 0 Å². The third kappa shape index (κ3) is 9.96. The number of nitrogens with one attached hydrogen (secondary N) is 2. The van der Waals surface area contributed by atoms with Crippen molar-refractivity contribution in [2.75, 3.05) is 25.5 Å². The highest BCUT2D eigenvalue weighted by Crippen LogP contribution is 2.24. The van der Waals surface area contributed by atoms with Gasteiger partial charge in [0.05, 0.1) is 12.1 Å². The number of amides is 4. The van der Waals surface area contributed by atoms with E-state index in [0.717, 1.165) is 33.1 Å². The van der Waals surface area contributed by atoms with Crippen molar-refractivity contribution in [1.82, 2.24) is 14.8 Å². The highest BCUT2D eigenvalue weighted by atomic mass is 79.9. The van der Waals surface area contributed by atoms with Crippen LogP contribution < -0.4 is 11.1 Å². The van der Waals surface area contributed by atoms with Gasteiger partial charge in [-0.15, -0.1) is 0 Å². The SMILES string of the molecule is CC(C)C.CC1CC(C(N)=O)N(C(=O)CN(C)C(=O)c2cc3c(F)cc(F)cc3[nH]2)C1.O=CNc1ccc(Br)cc1. The quantitative estimate of drug-likeness (QED) is 0.332.